The minimum atomic E-state index is -0.585. The number of amides is 2. The van der Waals surface area contributed by atoms with Gasteiger partial charge in [0, 0.05) is 12.6 Å². The molecule has 32 heavy (non-hydrogen) atoms. The normalized spacial score (nSPS) is 14.9. The summed E-state index contributed by atoms with van der Waals surface area (Å²) in [6.07, 6.45) is 4.30. The molecule has 2 aromatic carbocycles. The SMILES string of the molecule is CC(C)c1ccc(OCC(=O)N(Cc2ccccc2)[C@@H](C)C(=O)NC2CCCC2)c(Br)c1. The number of halogens is 1. The zero-order valence-corrected chi connectivity index (χ0v) is 20.7. The molecule has 0 radical (unpaired) electrons. The fourth-order valence-corrected chi connectivity index (χ4v) is 4.48. The average Bonchev–Trinajstić information content (AvgIpc) is 3.29. The number of carbonyl (C=O) groups is 2. The molecule has 0 heterocycles. The van der Waals surface area contributed by atoms with Gasteiger partial charge in [0.05, 0.1) is 4.47 Å². The number of hydrogen-bond acceptors (Lipinski definition) is 3. The van der Waals surface area contributed by atoms with Crippen molar-refractivity contribution in [2.45, 2.75) is 71.0 Å². The van der Waals surface area contributed by atoms with Crippen LogP contribution in [0.2, 0.25) is 0 Å². The lowest BCUT2D eigenvalue weighted by molar-refractivity contribution is -0.142. The third-order valence-corrected chi connectivity index (χ3v) is 6.66. The third kappa shape index (κ3) is 6.58. The Morgan fingerprint density at radius 3 is 2.41 bits per heavy atom. The molecule has 1 fully saturated rings. The highest BCUT2D eigenvalue weighted by Crippen LogP contribution is 2.29. The summed E-state index contributed by atoms with van der Waals surface area (Å²) in [6, 6.07) is 15.3. The summed E-state index contributed by atoms with van der Waals surface area (Å²) in [6.45, 7) is 6.28. The van der Waals surface area contributed by atoms with Crippen molar-refractivity contribution in [1.29, 1.82) is 0 Å². The van der Waals surface area contributed by atoms with Crippen molar-refractivity contribution in [3.05, 3.63) is 64.1 Å². The van der Waals surface area contributed by atoms with Gasteiger partial charge in [0.1, 0.15) is 11.8 Å². The lowest BCUT2D eigenvalue weighted by Crippen LogP contribution is -2.50. The Bertz CT molecular complexity index is 911. The molecule has 0 saturated heterocycles. The molecule has 1 N–H and O–H groups in total. The molecule has 2 amide bonds. The Morgan fingerprint density at radius 2 is 1.78 bits per heavy atom. The first kappa shape index (κ1) is 24.3. The van der Waals surface area contributed by atoms with Gasteiger partial charge in [0.25, 0.3) is 5.91 Å². The summed E-state index contributed by atoms with van der Waals surface area (Å²) < 4.78 is 6.66. The Labute approximate surface area is 199 Å². The number of benzene rings is 2. The van der Waals surface area contributed by atoms with E-state index >= 15 is 0 Å². The van der Waals surface area contributed by atoms with Crippen LogP contribution < -0.4 is 10.1 Å². The van der Waals surface area contributed by atoms with E-state index in [4.69, 9.17) is 4.74 Å². The second kappa shape index (κ2) is 11.5. The summed E-state index contributed by atoms with van der Waals surface area (Å²) in [5, 5.41) is 3.12. The van der Waals surface area contributed by atoms with Crippen molar-refractivity contribution >= 4 is 27.7 Å². The van der Waals surface area contributed by atoms with E-state index in [1.165, 1.54) is 5.56 Å². The van der Waals surface area contributed by atoms with Crippen LogP contribution in [0, 0.1) is 0 Å². The highest BCUT2D eigenvalue weighted by molar-refractivity contribution is 9.10. The van der Waals surface area contributed by atoms with Gasteiger partial charge >= 0.3 is 0 Å². The van der Waals surface area contributed by atoms with E-state index in [1.54, 1.807) is 11.8 Å². The summed E-state index contributed by atoms with van der Waals surface area (Å²) in [7, 11) is 0. The number of nitrogens with zero attached hydrogens (tertiary/aromatic N) is 1. The maximum absolute atomic E-state index is 13.2. The van der Waals surface area contributed by atoms with Crippen LogP contribution in [0.4, 0.5) is 0 Å². The zero-order chi connectivity index (χ0) is 23.1. The van der Waals surface area contributed by atoms with Gasteiger partial charge in [-0.1, -0.05) is 63.1 Å². The topological polar surface area (TPSA) is 58.6 Å². The quantitative estimate of drug-likeness (QED) is 0.499. The fourth-order valence-electron chi connectivity index (χ4n) is 3.97. The van der Waals surface area contributed by atoms with Gasteiger partial charge in [-0.3, -0.25) is 9.59 Å². The van der Waals surface area contributed by atoms with Crippen molar-refractivity contribution < 1.29 is 14.3 Å². The Balaban J connectivity index is 1.70. The van der Waals surface area contributed by atoms with E-state index < -0.39 is 6.04 Å². The van der Waals surface area contributed by atoms with Gasteiger partial charge in [0.15, 0.2) is 6.61 Å². The van der Waals surface area contributed by atoms with Crippen molar-refractivity contribution in [2.75, 3.05) is 6.61 Å². The van der Waals surface area contributed by atoms with Crippen LogP contribution >= 0.6 is 15.9 Å². The van der Waals surface area contributed by atoms with E-state index in [0.29, 0.717) is 18.2 Å². The van der Waals surface area contributed by atoms with Crippen molar-refractivity contribution in [3.63, 3.8) is 0 Å². The zero-order valence-electron chi connectivity index (χ0n) is 19.1. The largest absolute Gasteiger partial charge is 0.483 e. The first-order valence-electron chi connectivity index (χ1n) is 11.4. The first-order valence-corrected chi connectivity index (χ1v) is 12.2. The van der Waals surface area contributed by atoms with Crippen LogP contribution in [-0.4, -0.2) is 35.4 Å². The second-order valence-corrected chi connectivity index (χ2v) is 9.66. The Kier molecular flexibility index (Phi) is 8.74. The molecular weight excluding hydrogens is 468 g/mol. The third-order valence-electron chi connectivity index (χ3n) is 6.04. The van der Waals surface area contributed by atoms with Crippen LogP contribution in [0.15, 0.2) is 53.0 Å². The number of hydrogen-bond donors (Lipinski definition) is 1. The average molecular weight is 501 g/mol. The maximum Gasteiger partial charge on any atom is 0.261 e. The van der Waals surface area contributed by atoms with E-state index in [0.717, 1.165) is 35.7 Å². The van der Waals surface area contributed by atoms with Crippen molar-refractivity contribution in [3.8, 4) is 5.75 Å². The Morgan fingerprint density at radius 1 is 1.09 bits per heavy atom. The molecule has 6 heteroatoms. The van der Waals surface area contributed by atoms with E-state index in [-0.39, 0.29) is 24.5 Å². The molecule has 0 aliphatic heterocycles. The van der Waals surface area contributed by atoms with Crippen molar-refractivity contribution in [1.82, 2.24) is 10.2 Å². The van der Waals surface area contributed by atoms with E-state index in [1.807, 2.05) is 48.5 Å². The first-order chi connectivity index (χ1) is 15.3. The maximum atomic E-state index is 13.2. The fraction of sp³-hybridized carbons (Fsp3) is 0.462. The van der Waals surface area contributed by atoms with Crippen LogP contribution in [0.1, 0.15) is 63.5 Å². The lowest BCUT2D eigenvalue weighted by atomic mass is 10.0. The molecule has 0 unspecified atom stereocenters. The molecule has 1 aliphatic rings. The Hall–Kier alpha value is -2.34. The van der Waals surface area contributed by atoms with Gasteiger partial charge in [0.2, 0.25) is 5.91 Å². The summed E-state index contributed by atoms with van der Waals surface area (Å²) >= 11 is 3.54. The van der Waals surface area contributed by atoms with Gasteiger partial charge < -0.3 is 15.0 Å². The molecule has 3 rings (SSSR count). The van der Waals surface area contributed by atoms with Gasteiger partial charge in [-0.15, -0.1) is 0 Å². The van der Waals surface area contributed by atoms with Crippen LogP contribution in [0.25, 0.3) is 0 Å². The number of nitrogens with one attached hydrogen (secondary N) is 1. The molecule has 0 spiro atoms. The molecule has 1 aliphatic carbocycles. The molecule has 0 aromatic heterocycles. The minimum Gasteiger partial charge on any atom is -0.483 e. The number of ether oxygens (including phenoxy) is 1. The van der Waals surface area contributed by atoms with Gasteiger partial charge in [-0.05, 0) is 64.9 Å². The summed E-state index contributed by atoms with van der Waals surface area (Å²) in [5.41, 5.74) is 2.17. The monoisotopic (exact) mass is 500 g/mol. The summed E-state index contributed by atoms with van der Waals surface area (Å²) in [5.74, 6) is 0.694. The highest BCUT2D eigenvalue weighted by atomic mass is 79.9. The number of rotatable bonds is 9. The molecule has 1 saturated carbocycles. The van der Waals surface area contributed by atoms with E-state index in [2.05, 4.69) is 35.1 Å². The molecule has 1 atom stereocenters. The van der Waals surface area contributed by atoms with Gasteiger partial charge in [-0.25, -0.2) is 0 Å². The van der Waals surface area contributed by atoms with Crippen LogP contribution in [0.5, 0.6) is 5.75 Å². The molecule has 172 valence electrons. The second-order valence-electron chi connectivity index (χ2n) is 8.81. The van der Waals surface area contributed by atoms with Crippen LogP contribution in [0.3, 0.4) is 0 Å². The van der Waals surface area contributed by atoms with Crippen LogP contribution in [-0.2, 0) is 16.1 Å². The molecular formula is C26H33BrN2O3. The standard InChI is InChI=1S/C26H33BrN2O3/c1-18(2)21-13-14-24(23(27)15-21)32-17-25(30)29(16-20-9-5-4-6-10-20)19(3)26(31)28-22-11-7-8-12-22/h4-6,9-10,13-15,18-19,22H,7-8,11-12,16-17H2,1-3H3,(H,28,31)/t19-/m0/s1. The minimum absolute atomic E-state index is 0.108. The predicted octanol–water partition coefficient (Wildman–Crippen LogP) is 5.43. The van der Waals surface area contributed by atoms with E-state index in [9.17, 15) is 9.59 Å². The lowest BCUT2D eigenvalue weighted by Gasteiger charge is -2.29. The van der Waals surface area contributed by atoms with Gasteiger partial charge in [-0.2, -0.15) is 0 Å². The predicted molar refractivity (Wildman–Crippen MR) is 131 cm³/mol. The van der Waals surface area contributed by atoms with Crippen molar-refractivity contribution in [2.24, 2.45) is 0 Å². The number of carbonyl (C=O) groups excluding carboxylic acids is 2. The highest BCUT2D eigenvalue weighted by Gasteiger charge is 2.28. The summed E-state index contributed by atoms with van der Waals surface area (Å²) in [4.78, 5) is 27.7. The molecule has 2 aromatic rings. The molecule has 5 nitrogen and oxygen atoms in total. The smallest absolute Gasteiger partial charge is 0.261 e. The molecule has 0 bridgehead atoms.